The van der Waals surface area contributed by atoms with Gasteiger partial charge in [0.25, 0.3) is 5.69 Å². The molecule has 2 saturated heterocycles. The SMILES string of the molecule is O=[N+]([O-])c1ccc(F)c([C@@]23COC[C@@H]2CON3)c1. The third-order valence-electron chi connectivity index (χ3n) is 3.53. The molecule has 18 heavy (non-hydrogen) atoms. The van der Waals surface area contributed by atoms with Crippen molar-refractivity contribution < 1.29 is 18.9 Å². The lowest BCUT2D eigenvalue weighted by atomic mass is 9.82. The van der Waals surface area contributed by atoms with Gasteiger partial charge in [-0.2, -0.15) is 5.48 Å². The highest BCUT2D eigenvalue weighted by atomic mass is 19.1. The van der Waals surface area contributed by atoms with Crippen molar-refractivity contribution in [1.82, 2.24) is 5.48 Å². The van der Waals surface area contributed by atoms with Gasteiger partial charge >= 0.3 is 0 Å². The van der Waals surface area contributed by atoms with Crippen LogP contribution >= 0.6 is 0 Å². The lowest BCUT2D eigenvalue weighted by Crippen LogP contribution is -2.42. The van der Waals surface area contributed by atoms with Gasteiger partial charge in [-0.25, -0.2) is 4.39 Å². The van der Waals surface area contributed by atoms with Crippen molar-refractivity contribution in [3.63, 3.8) is 0 Å². The van der Waals surface area contributed by atoms with E-state index < -0.39 is 16.3 Å². The predicted octanol–water partition coefficient (Wildman–Crippen LogP) is 1.11. The van der Waals surface area contributed by atoms with Gasteiger partial charge in [-0.05, 0) is 6.07 Å². The number of benzene rings is 1. The molecule has 7 heteroatoms. The molecule has 2 aliphatic heterocycles. The summed E-state index contributed by atoms with van der Waals surface area (Å²) in [4.78, 5) is 15.4. The lowest BCUT2D eigenvalue weighted by molar-refractivity contribution is -0.385. The van der Waals surface area contributed by atoms with Crippen molar-refractivity contribution in [2.75, 3.05) is 19.8 Å². The number of nitro benzene ring substituents is 1. The normalized spacial score (nSPS) is 30.4. The van der Waals surface area contributed by atoms with Gasteiger partial charge in [0.1, 0.15) is 11.4 Å². The monoisotopic (exact) mass is 254 g/mol. The maximum absolute atomic E-state index is 13.9. The molecule has 0 amide bonds. The van der Waals surface area contributed by atoms with Crippen LogP contribution in [0.4, 0.5) is 10.1 Å². The largest absolute Gasteiger partial charge is 0.379 e. The van der Waals surface area contributed by atoms with Gasteiger partial charge in [-0.3, -0.25) is 10.1 Å². The van der Waals surface area contributed by atoms with E-state index in [9.17, 15) is 14.5 Å². The summed E-state index contributed by atoms with van der Waals surface area (Å²) in [7, 11) is 0. The molecule has 0 aliphatic carbocycles. The molecular weight excluding hydrogens is 243 g/mol. The summed E-state index contributed by atoms with van der Waals surface area (Å²) in [6.45, 7) is 1.10. The zero-order valence-electron chi connectivity index (χ0n) is 9.39. The second kappa shape index (κ2) is 3.98. The van der Waals surface area contributed by atoms with Crippen LogP contribution in [0, 0.1) is 21.8 Å². The van der Waals surface area contributed by atoms with Gasteiger partial charge in [-0.1, -0.05) is 0 Å². The average Bonchev–Trinajstić information content (AvgIpc) is 2.88. The van der Waals surface area contributed by atoms with Crippen molar-refractivity contribution in [3.05, 3.63) is 39.7 Å². The molecule has 96 valence electrons. The Balaban J connectivity index is 2.10. The molecule has 0 spiro atoms. The van der Waals surface area contributed by atoms with Crippen LogP contribution in [0.25, 0.3) is 0 Å². The standard InChI is InChI=1S/C11H11FN2O4/c12-10-2-1-8(14(15)16)3-9(10)11-6-17-4-7(11)5-18-13-11/h1-3,7,13H,4-6H2/t7-,11-/m1/s1. The highest BCUT2D eigenvalue weighted by Gasteiger charge is 2.51. The lowest BCUT2D eigenvalue weighted by Gasteiger charge is -2.26. The number of hydrogen-bond acceptors (Lipinski definition) is 5. The summed E-state index contributed by atoms with van der Waals surface area (Å²) in [5.41, 5.74) is 2.05. The van der Waals surface area contributed by atoms with E-state index in [1.54, 1.807) is 0 Å². The fourth-order valence-corrected chi connectivity index (χ4v) is 2.52. The minimum absolute atomic E-state index is 0.0333. The minimum Gasteiger partial charge on any atom is -0.379 e. The van der Waals surface area contributed by atoms with Gasteiger partial charge in [0, 0.05) is 23.6 Å². The van der Waals surface area contributed by atoms with Crippen LogP contribution in [-0.2, 0) is 15.1 Å². The molecule has 2 heterocycles. The zero-order chi connectivity index (χ0) is 12.8. The van der Waals surface area contributed by atoms with Crippen LogP contribution in [0.5, 0.6) is 0 Å². The van der Waals surface area contributed by atoms with Gasteiger partial charge in [0.2, 0.25) is 0 Å². The number of nitro groups is 1. The molecule has 0 radical (unpaired) electrons. The highest BCUT2D eigenvalue weighted by Crippen LogP contribution is 2.41. The number of rotatable bonds is 2. The van der Waals surface area contributed by atoms with Gasteiger partial charge < -0.3 is 9.57 Å². The molecule has 2 fully saturated rings. The fourth-order valence-electron chi connectivity index (χ4n) is 2.52. The van der Waals surface area contributed by atoms with E-state index in [1.165, 1.54) is 6.07 Å². The summed E-state index contributed by atoms with van der Waals surface area (Å²) < 4.78 is 19.3. The number of nitrogens with one attached hydrogen (secondary N) is 1. The second-order valence-corrected chi connectivity index (χ2v) is 4.52. The molecule has 1 aromatic carbocycles. The smallest absolute Gasteiger partial charge is 0.269 e. The molecule has 6 nitrogen and oxygen atoms in total. The highest BCUT2D eigenvalue weighted by molar-refractivity contribution is 5.40. The summed E-state index contributed by atoms with van der Waals surface area (Å²) in [5.74, 6) is -0.525. The van der Waals surface area contributed by atoms with E-state index in [2.05, 4.69) is 5.48 Å². The van der Waals surface area contributed by atoms with E-state index in [4.69, 9.17) is 9.57 Å². The number of nitrogens with zero attached hydrogens (tertiary/aromatic N) is 1. The first-order valence-corrected chi connectivity index (χ1v) is 5.54. The van der Waals surface area contributed by atoms with Gasteiger partial charge in [-0.15, -0.1) is 0 Å². The molecule has 1 N–H and O–H groups in total. The predicted molar refractivity (Wildman–Crippen MR) is 58.1 cm³/mol. The van der Waals surface area contributed by atoms with E-state index in [1.807, 2.05) is 0 Å². The van der Waals surface area contributed by atoms with Crippen LogP contribution in [0.1, 0.15) is 5.56 Å². The molecule has 0 aromatic heterocycles. The Hall–Kier alpha value is -1.57. The molecule has 1 aromatic rings. The Labute approximate surface area is 102 Å². The molecule has 0 bridgehead atoms. The summed E-state index contributed by atoms with van der Waals surface area (Å²) in [6, 6.07) is 3.51. The van der Waals surface area contributed by atoms with Crippen molar-refractivity contribution in [2.45, 2.75) is 5.54 Å². The molecule has 0 saturated carbocycles. The Morgan fingerprint density at radius 1 is 1.50 bits per heavy atom. The van der Waals surface area contributed by atoms with E-state index in [0.717, 1.165) is 12.1 Å². The van der Waals surface area contributed by atoms with Crippen molar-refractivity contribution in [1.29, 1.82) is 0 Å². The van der Waals surface area contributed by atoms with Crippen LogP contribution in [0.3, 0.4) is 0 Å². The fraction of sp³-hybridized carbons (Fsp3) is 0.455. The summed E-state index contributed by atoms with van der Waals surface area (Å²) >= 11 is 0. The van der Waals surface area contributed by atoms with Crippen LogP contribution < -0.4 is 5.48 Å². The molecule has 2 atom stereocenters. The summed E-state index contributed by atoms with van der Waals surface area (Å²) in [6.07, 6.45) is 0. The van der Waals surface area contributed by atoms with E-state index in [-0.39, 0.29) is 23.8 Å². The third-order valence-corrected chi connectivity index (χ3v) is 3.53. The Morgan fingerprint density at radius 2 is 2.33 bits per heavy atom. The van der Waals surface area contributed by atoms with Crippen molar-refractivity contribution in [2.24, 2.45) is 5.92 Å². The maximum atomic E-state index is 13.9. The van der Waals surface area contributed by atoms with Gasteiger partial charge in [0.05, 0.1) is 24.7 Å². The first-order chi connectivity index (χ1) is 8.63. The molecule has 3 rings (SSSR count). The van der Waals surface area contributed by atoms with Crippen LogP contribution in [0.2, 0.25) is 0 Å². The first kappa shape index (κ1) is 11.5. The molecular formula is C11H11FN2O4. The quantitative estimate of drug-likeness (QED) is 0.632. The van der Waals surface area contributed by atoms with Gasteiger partial charge in [0.15, 0.2) is 0 Å². The number of non-ortho nitro benzene ring substituents is 1. The number of halogens is 1. The van der Waals surface area contributed by atoms with Crippen LogP contribution in [-0.4, -0.2) is 24.7 Å². The first-order valence-electron chi connectivity index (χ1n) is 5.54. The molecule has 0 unspecified atom stereocenters. The Morgan fingerprint density at radius 3 is 3.11 bits per heavy atom. The Bertz CT molecular complexity index is 498. The number of hydrogen-bond donors (Lipinski definition) is 1. The van der Waals surface area contributed by atoms with E-state index in [0.29, 0.717) is 13.2 Å². The summed E-state index contributed by atoms with van der Waals surface area (Å²) in [5, 5.41) is 10.8. The maximum Gasteiger partial charge on any atom is 0.269 e. The second-order valence-electron chi connectivity index (χ2n) is 4.52. The van der Waals surface area contributed by atoms with E-state index >= 15 is 0 Å². The van der Waals surface area contributed by atoms with Crippen molar-refractivity contribution in [3.8, 4) is 0 Å². The number of ether oxygens (including phenoxy) is 1. The third kappa shape index (κ3) is 1.52. The minimum atomic E-state index is -0.809. The number of fused-ring (bicyclic) bond motifs is 1. The topological polar surface area (TPSA) is 73.6 Å². The molecule has 2 aliphatic rings. The zero-order valence-corrected chi connectivity index (χ0v) is 9.39. The Kier molecular flexibility index (Phi) is 2.54. The number of hydroxylamine groups is 1. The average molecular weight is 254 g/mol. The van der Waals surface area contributed by atoms with Crippen molar-refractivity contribution >= 4 is 5.69 Å². The van der Waals surface area contributed by atoms with Crippen LogP contribution in [0.15, 0.2) is 18.2 Å².